The minimum atomic E-state index is -0.364. The molecule has 0 radical (unpaired) electrons. The van der Waals surface area contributed by atoms with E-state index in [0.717, 1.165) is 22.4 Å². The van der Waals surface area contributed by atoms with Crippen molar-refractivity contribution in [3.05, 3.63) is 66.1 Å². The molecule has 0 unspecified atom stereocenters. The van der Waals surface area contributed by atoms with Gasteiger partial charge in [-0.3, -0.25) is 9.78 Å². The van der Waals surface area contributed by atoms with Gasteiger partial charge in [-0.25, -0.2) is 4.68 Å². The maximum atomic E-state index is 11.2. The Morgan fingerprint density at radius 1 is 1.14 bits per heavy atom. The Balaban J connectivity index is 1.86. The fourth-order valence-electron chi connectivity index (χ4n) is 2.29. The number of carbonyl (C=O) groups is 1. The molecule has 110 valence electrons. The van der Waals surface area contributed by atoms with Crippen LogP contribution in [0.25, 0.3) is 11.3 Å². The maximum absolute atomic E-state index is 11.2. The molecule has 6 heteroatoms. The number of primary amides is 1. The lowest BCUT2D eigenvalue weighted by molar-refractivity contribution is -0.117. The third kappa shape index (κ3) is 3.17. The molecule has 1 amide bonds. The second-order valence-corrected chi connectivity index (χ2v) is 4.96. The van der Waals surface area contributed by atoms with E-state index in [9.17, 15) is 4.79 Å². The summed E-state index contributed by atoms with van der Waals surface area (Å²) in [5, 5.41) is 8.33. The quantitative estimate of drug-likeness (QED) is 0.770. The maximum Gasteiger partial charge on any atom is 0.221 e. The van der Waals surface area contributed by atoms with Crippen LogP contribution >= 0.6 is 0 Å². The standard InChI is InChI=1S/C16H15N5O/c17-16(22)9-13-3-1-2-4-14(13)15-11-21(20-19-15)10-12-5-7-18-8-6-12/h1-8,11H,9-10H2,(H2,17,22). The summed E-state index contributed by atoms with van der Waals surface area (Å²) in [5.41, 5.74) is 8.84. The molecule has 1 aromatic carbocycles. The highest BCUT2D eigenvalue weighted by Gasteiger charge is 2.10. The van der Waals surface area contributed by atoms with Gasteiger partial charge in [-0.1, -0.05) is 29.5 Å². The van der Waals surface area contributed by atoms with E-state index >= 15 is 0 Å². The third-order valence-corrected chi connectivity index (χ3v) is 3.29. The predicted molar refractivity (Wildman–Crippen MR) is 81.7 cm³/mol. The fraction of sp³-hybridized carbons (Fsp3) is 0.125. The highest BCUT2D eigenvalue weighted by atomic mass is 16.1. The topological polar surface area (TPSA) is 86.7 Å². The molecule has 2 aromatic heterocycles. The van der Waals surface area contributed by atoms with Gasteiger partial charge in [0, 0.05) is 18.0 Å². The van der Waals surface area contributed by atoms with Crippen molar-refractivity contribution in [1.29, 1.82) is 0 Å². The van der Waals surface area contributed by atoms with E-state index in [4.69, 9.17) is 5.73 Å². The van der Waals surface area contributed by atoms with E-state index in [1.807, 2.05) is 42.6 Å². The van der Waals surface area contributed by atoms with Gasteiger partial charge in [-0.2, -0.15) is 0 Å². The van der Waals surface area contributed by atoms with Crippen LogP contribution in [0.2, 0.25) is 0 Å². The molecular formula is C16H15N5O. The molecule has 0 bridgehead atoms. The van der Waals surface area contributed by atoms with Crippen LogP contribution in [-0.4, -0.2) is 25.9 Å². The molecule has 0 aliphatic rings. The molecule has 0 aliphatic carbocycles. The molecule has 2 heterocycles. The number of rotatable bonds is 5. The zero-order chi connectivity index (χ0) is 15.4. The van der Waals surface area contributed by atoms with Gasteiger partial charge < -0.3 is 5.73 Å². The van der Waals surface area contributed by atoms with Gasteiger partial charge in [-0.15, -0.1) is 5.10 Å². The first-order chi connectivity index (χ1) is 10.7. The van der Waals surface area contributed by atoms with Crippen molar-refractivity contribution in [3.63, 3.8) is 0 Å². The van der Waals surface area contributed by atoms with Gasteiger partial charge in [0.2, 0.25) is 5.91 Å². The van der Waals surface area contributed by atoms with E-state index in [2.05, 4.69) is 15.3 Å². The predicted octanol–water partition coefficient (Wildman–Crippen LogP) is 1.42. The van der Waals surface area contributed by atoms with Crippen molar-refractivity contribution in [3.8, 4) is 11.3 Å². The highest BCUT2D eigenvalue weighted by molar-refractivity contribution is 5.79. The summed E-state index contributed by atoms with van der Waals surface area (Å²) in [7, 11) is 0. The number of aromatic nitrogens is 4. The zero-order valence-corrected chi connectivity index (χ0v) is 11.9. The first-order valence-electron chi connectivity index (χ1n) is 6.88. The highest BCUT2D eigenvalue weighted by Crippen LogP contribution is 2.21. The molecule has 0 aliphatic heterocycles. The molecule has 6 nitrogen and oxygen atoms in total. The summed E-state index contributed by atoms with van der Waals surface area (Å²) in [6.45, 7) is 0.619. The van der Waals surface area contributed by atoms with E-state index in [1.54, 1.807) is 17.1 Å². The summed E-state index contributed by atoms with van der Waals surface area (Å²) >= 11 is 0. The number of amides is 1. The van der Waals surface area contributed by atoms with Gasteiger partial charge in [0.15, 0.2) is 0 Å². The smallest absolute Gasteiger partial charge is 0.221 e. The van der Waals surface area contributed by atoms with Crippen LogP contribution in [0.15, 0.2) is 55.0 Å². The number of hydrogen-bond donors (Lipinski definition) is 1. The Labute approximate surface area is 127 Å². The second-order valence-electron chi connectivity index (χ2n) is 4.96. The van der Waals surface area contributed by atoms with Crippen LogP contribution in [-0.2, 0) is 17.8 Å². The van der Waals surface area contributed by atoms with Crippen LogP contribution in [0.3, 0.4) is 0 Å². The Kier molecular flexibility index (Phi) is 3.91. The van der Waals surface area contributed by atoms with Crippen molar-refractivity contribution >= 4 is 5.91 Å². The van der Waals surface area contributed by atoms with Crippen LogP contribution in [0.5, 0.6) is 0 Å². The summed E-state index contributed by atoms with van der Waals surface area (Å²) in [4.78, 5) is 15.2. The lowest BCUT2D eigenvalue weighted by atomic mass is 10.0. The Hall–Kier alpha value is -3.02. The summed E-state index contributed by atoms with van der Waals surface area (Å²) < 4.78 is 1.76. The average Bonchev–Trinajstić information content (AvgIpc) is 2.96. The largest absolute Gasteiger partial charge is 0.369 e. The van der Waals surface area contributed by atoms with Gasteiger partial charge in [-0.05, 0) is 23.3 Å². The van der Waals surface area contributed by atoms with Gasteiger partial charge in [0.1, 0.15) is 5.69 Å². The number of pyridine rings is 1. The first-order valence-corrected chi connectivity index (χ1v) is 6.88. The van der Waals surface area contributed by atoms with Gasteiger partial charge in [0.25, 0.3) is 0 Å². The zero-order valence-electron chi connectivity index (χ0n) is 11.9. The van der Waals surface area contributed by atoms with Crippen molar-refractivity contribution in [1.82, 2.24) is 20.0 Å². The van der Waals surface area contributed by atoms with Crippen molar-refractivity contribution in [2.45, 2.75) is 13.0 Å². The van der Waals surface area contributed by atoms with Crippen LogP contribution in [0, 0.1) is 0 Å². The van der Waals surface area contributed by atoms with Crippen LogP contribution in [0.4, 0.5) is 0 Å². The minimum Gasteiger partial charge on any atom is -0.369 e. The Morgan fingerprint density at radius 2 is 1.91 bits per heavy atom. The van der Waals surface area contributed by atoms with Crippen molar-refractivity contribution in [2.75, 3.05) is 0 Å². The van der Waals surface area contributed by atoms with E-state index in [-0.39, 0.29) is 12.3 Å². The summed E-state index contributed by atoms with van der Waals surface area (Å²) in [6.07, 6.45) is 5.54. The Bertz CT molecular complexity index is 782. The molecule has 0 saturated carbocycles. The minimum absolute atomic E-state index is 0.188. The third-order valence-electron chi connectivity index (χ3n) is 3.29. The molecule has 3 aromatic rings. The molecular weight excluding hydrogens is 278 g/mol. The fourth-order valence-corrected chi connectivity index (χ4v) is 2.29. The van der Waals surface area contributed by atoms with E-state index < -0.39 is 0 Å². The number of carbonyl (C=O) groups excluding carboxylic acids is 1. The Morgan fingerprint density at radius 3 is 2.68 bits per heavy atom. The molecule has 0 atom stereocenters. The lowest BCUT2D eigenvalue weighted by Crippen LogP contribution is -2.14. The molecule has 3 rings (SSSR count). The summed E-state index contributed by atoms with van der Waals surface area (Å²) in [6, 6.07) is 11.4. The average molecular weight is 293 g/mol. The number of benzene rings is 1. The van der Waals surface area contributed by atoms with Gasteiger partial charge in [0.05, 0.1) is 19.2 Å². The number of hydrogen-bond acceptors (Lipinski definition) is 4. The van der Waals surface area contributed by atoms with Crippen molar-refractivity contribution < 1.29 is 4.79 Å². The molecule has 2 N–H and O–H groups in total. The SMILES string of the molecule is NC(=O)Cc1ccccc1-c1cn(Cc2ccncc2)nn1. The second kappa shape index (κ2) is 6.17. The van der Waals surface area contributed by atoms with Gasteiger partial charge >= 0.3 is 0 Å². The van der Waals surface area contributed by atoms with E-state index in [1.165, 1.54) is 0 Å². The number of nitrogens with two attached hydrogens (primary N) is 1. The molecule has 0 spiro atoms. The van der Waals surface area contributed by atoms with Crippen molar-refractivity contribution in [2.24, 2.45) is 5.73 Å². The summed E-state index contributed by atoms with van der Waals surface area (Å²) in [5.74, 6) is -0.364. The monoisotopic (exact) mass is 293 g/mol. The normalized spacial score (nSPS) is 10.5. The molecule has 22 heavy (non-hydrogen) atoms. The van der Waals surface area contributed by atoms with E-state index in [0.29, 0.717) is 6.54 Å². The van der Waals surface area contributed by atoms with Crippen LogP contribution in [0.1, 0.15) is 11.1 Å². The molecule has 0 saturated heterocycles. The number of nitrogens with zero attached hydrogens (tertiary/aromatic N) is 4. The lowest BCUT2D eigenvalue weighted by Gasteiger charge is -2.04. The first kappa shape index (κ1) is 13.9. The molecule has 0 fully saturated rings. The van der Waals surface area contributed by atoms with Crippen LogP contribution < -0.4 is 5.73 Å².